The zero-order chi connectivity index (χ0) is 28.4. The number of hydrogen-bond acceptors (Lipinski definition) is 3. The van der Waals surface area contributed by atoms with Gasteiger partial charge in [-0.05, 0) is 40.4 Å². The Morgan fingerprint density at radius 2 is 1.03 bits per heavy atom. The predicted molar refractivity (Wildman–Crippen MR) is 175 cm³/mol. The van der Waals surface area contributed by atoms with Crippen molar-refractivity contribution >= 4 is 15.9 Å². The molecule has 1 unspecified atom stereocenters. The number of hydrogen-bond donors (Lipinski definition) is 1. The van der Waals surface area contributed by atoms with Crippen LogP contribution in [0.4, 0.5) is 0 Å². The van der Waals surface area contributed by atoms with Crippen LogP contribution in [-0.2, 0) is 26.8 Å². The number of unbranched alkanes of at least 4 members (excludes halogenated alkanes) is 15. The highest BCUT2D eigenvalue weighted by Gasteiger charge is 2.26. The van der Waals surface area contributed by atoms with Crippen molar-refractivity contribution in [2.75, 3.05) is 6.61 Å². The highest BCUT2D eigenvalue weighted by atomic mass is 31.0. The Morgan fingerprint density at radius 3 is 1.38 bits per heavy atom. The molecule has 0 spiro atoms. The number of aryl methyl sites for hydroxylation is 1. The first-order chi connectivity index (χ1) is 18.0. The lowest BCUT2D eigenvalue weighted by Crippen LogP contribution is -2.18. The van der Waals surface area contributed by atoms with Gasteiger partial charge >= 0.3 is 5.97 Å². The monoisotopic (exact) mass is 564 g/mol. The molecule has 3 nitrogen and oxygen atoms in total. The molecule has 0 heterocycles. The molecule has 1 rings (SSSR count). The second kappa shape index (κ2) is 20.7. The molecule has 1 N–H and O–H groups in total. The lowest BCUT2D eigenvalue weighted by atomic mass is 9.78. The Kier molecular flexibility index (Phi) is 20.2. The van der Waals surface area contributed by atoms with Crippen LogP contribution < -0.4 is 0 Å². The first kappa shape index (κ1) is 37.9. The number of esters is 1. The van der Waals surface area contributed by atoms with Crippen molar-refractivity contribution in [3.8, 4) is 5.75 Å². The predicted octanol–water partition coefficient (Wildman–Crippen LogP) is 10.8. The molecular formula is C35H65O3P. The van der Waals surface area contributed by atoms with Gasteiger partial charge in [-0.1, -0.05) is 157 Å². The van der Waals surface area contributed by atoms with Gasteiger partial charge in [-0.25, -0.2) is 0 Å². The summed E-state index contributed by atoms with van der Waals surface area (Å²) in [6, 6.07) is 4.13. The number of phenolic OH excluding ortho intramolecular Hbond substituents is 1. The van der Waals surface area contributed by atoms with Crippen molar-refractivity contribution in [2.24, 2.45) is 0 Å². The summed E-state index contributed by atoms with van der Waals surface area (Å²) in [5, 5.41) is 10.9. The van der Waals surface area contributed by atoms with Gasteiger partial charge in [0.05, 0.1) is 6.61 Å². The molecule has 0 aliphatic carbocycles. The maximum Gasteiger partial charge on any atom is 0.306 e. The van der Waals surface area contributed by atoms with Gasteiger partial charge < -0.3 is 9.84 Å². The Labute approximate surface area is 246 Å². The molecule has 1 atom stereocenters. The molecule has 0 aliphatic heterocycles. The fraction of sp³-hybridized carbons (Fsp3) is 0.800. The van der Waals surface area contributed by atoms with Crippen LogP contribution in [-0.4, -0.2) is 17.7 Å². The van der Waals surface area contributed by atoms with Gasteiger partial charge in [0.25, 0.3) is 0 Å². The van der Waals surface area contributed by atoms with Crippen LogP contribution in [0.2, 0.25) is 0 Å². The van der Waals surface area contributed by atoms with Gasteiger partial charge in [0.1, 0.15) is 5.75 Å². The normalized spacial score (nSPS) is 11.9. The summed E-state index contributed by atoms with van der Waals surface area (Å²) in [5.74, 6) is 0.272. The first-order valence-electron chi connectivity index (χ1n) is 16.0. The third-order valence-electron chi connectivity index (χ3n) is 7.66. The minimum atomic E-state index is -0.159. The lowest BCUT2D eigenvalue weighted by Gasteiger charge is -2.28. The summed E-state index contributed by atoms with van der Waals surface area (Å²) < 4.78 is 5.51. The molecule has 4 heteroatoms. The molecule has 1 aromatic rings. The Morgan fingerprint density at radius 1 is 0.667 bits per heavy atom. The van der Waals surface area contributed by atoms with E-state index in [0.717, 1.165) is 29.5 Å². The minimum Gasteiger partial charge on any atom is -0.507 e. The number of ether oxygens (including phenoxy) is 1. The van der Waals surface area contributed by atoms with Crippen LogP contribution >= 0.6 is 9.90 Å². The van der Waals surface area contributed by atoms with Crippen molar-refractivity contribution in [3.05, 3.63) is 28.8 Å². The van der Waals surface area contributed by atoms with Crippen molar-refractivity contribution in [2.45, 2.75) is 175 Å². The molecule has 0 saturated carbocycles. The summed E-state index contributed by atoms with van der Waals surface area (Å²) in [5.41, 5.74) is 2.67. The maximum absolute atomic E-state index is 12.3. The van der Waals surface area contributed by atoms with Crippen molar-refractivity contribution in [1.82, 2.24) is 0 Å². The molecule has 0 radical (unpaired) electrons. The van der Waals surface area contributed by atoms with Crippen LogP contribution in [0.25, 0.3) is 0 Å². The zero-order valence-corrected chi connectivity index (χ0v) is 28.5. The van der Waals surface area contributed by atoms with Crippen LogP contribution in [0.5, 0.6) is 5.75 Å². The molecule has 0 fully saturated rings. The van der Waals surface area contributed by atoms with E-state index in [9.17, 15) is 9.90 Å². The molecule has 0 amide bonds. The average molecular weight is 565 g/mol. The summed E-state index contributed by atoms with van der Waals surface area (Å²) >= 11 is 0. The van der Waals surface area contributed by atoms with E-state index in [-0.39, 0.29) is 26.7 Å². The maximum atomic E-state index is 12.3. The second-order valence-corrected chi connectivity index (χ2v) is 13.6. The fourth-order valence-corrected chi connectivity index (χ4v) is 5.14. The number of aromatic hydroxyl groups is 1. The van der Waals surface area contributed by atoms with Gasteiger partial charge in [0, 0.05) is 6.42 Å². The van der Waals surface area contributed by atoms with Crippen LogP contribution in [0, 0.1) is 0 Å². The van der Waals surface area contributed by atoms with Gasteiger partial charge in [-0.3, -0.25) is 4.79 Å². The second-order valence-electron chi connectivity index (χ2n) is 13.6. The van der Waals surface area contributed by atoms with E-state index in [1.54, 1.807) is 0 Å². The number of phenols is 1. The lowest BCUT2D eigenvalue weighted by molar-refractivity contribution is -0.143. The minimum absolute atomic E-state index is 0. The molecule has 0 saturated heterocycles. The van der Waals surface area contributed by atoms with Crippen molar-refractivity contribution in [1.29, 1.82) is 0 Å². The Hall–Kier alpha value is -1.08. The van der Waals surface area contributed by atoms with E-state index < -0.39 is 0 Å². The SMILES string of the molecule is CCCCCCCCCCCCCCCCCCOC(=O)CCc1cc(C(C)(C)C)c(O)c(C(C)(C)C)c1.P. The molecule has 0 aromatic heterocycles. The third-order valence-corrected chi connectivity index (χ3v) is 7.66. The molecule has 0 aliphatic rings. The van der Waals surface area contributed by atoms with Gasteiger partial charge in [-0.15, -0.1) is 0 Å². The van der Waals surface area contributed by atoms with E-state index in [1.807, 2.05) is 0 Å². The number of rotatable bonds is 20. The van der Waals surface area contributed by atoms with Gasteiger partial charge in [0.2, 0.25) is 0 Å². The van der Waals surface area contributed by atoms with Gasteiger partial charge in [-0.2, -0.15) is 9.90 Å². The summed E-state index contributed by atoms with van der Waals surface area (Å²) in [4.78, 5) is 12.3. The fourth-order valence-electron chi connectivity index (χ4n) is 5.14. The van der Waals surface area contributed by atoms with Crippen LogP contribution in [0.1, 0.15) is 174 Å². The topological polar surface area (TPSA) is 46.5 Å². The highest BCUT2D eigenvalue weighted by molar-refractivity contribution is 6.92. The van der Waals surface area contributed by atoms with Crippen molar-refractivity contribution < 1.29 is 14.6 Å². The first-order valence-corrected chi connectivity index (χ1v) is 16.0. The van der Waals surface area contributed by atoms with E-state index in [0.29, 0.717) is 25.2 Å². The quantitative estimate of drug-likeness (QED) is 0.0973. The third kappa shape index (κ3) is 17.4. The molecule has 228 valence electrons. The molecular weight excluding hydrogens is 499 g/mol. The summed E-state index contributed by atoms with van der Waals surface area (Å²) in [7, 11) is 0. The van der Waals surface area contributed by atoms with E-state index in [2.05, 4.69) is 60.6 Å². The number of benzene rings is 1. The summed E-state index contributed by atoms with van der Waals surface area (Å²) in [6.45, 7) is 15.5. The number of carbonyl (C=O) groups is 1. The van der Waals surface area contributed by atoms with E-state index in [4.69, 9.17) is 4.74 Å². The highest BCUT2D eigenvalue weighted by Crippen LogP contribution is 2.40. The van der Waals surface area contributed by atoms with Crippen molar-refractivity contribution in [3.63, 3.8) is 0 Å². The molecule has 39 heavy (non-hydrogen) atoms. The van der Waals surface area contributed by atoms with Crippen LogP contribution in [0.3, 0.4) is 0 Å². The Bertz CT molecular complexity index is 738. The standard InChI is InChI=1S/C35H62O3.H3P/c1-8-9-10-11-12-13-14-15-16-17-18-19-20-21-22-23-26-38-32(36)25-24-29-27-30(34(2,3)4)33(37)31(28-29)35(5,6)7;/h27-28,37H,8-26H2,1-7H3;1H3. The number of carbonyl (C=O) groups excluding carboxylic acids is 1. The van der Waals surface area contributed by atoms with E-state index in [1.165, 1.54) is 89.9 Å². The van der Waals surface area contributed by atoms with E-state index >= 15 is 0 Å². The molecule has 0 bridgehead atoms. The van der Waals surface area contributed by atoms with Crippen LogP contribution in [0.15, 0.2) is 12.1 Å². The van der Waals surface area contributed by atoms with Gasteiger partial charge in [0.15, 0.2) is 0 Å². The summed E-state index contributed by atoms with van der Waals surface area (Å²) in [6.07, 6.45) is 22.5. The molecule has 1 aromatic carbocycles. The Balaban J connectivity index is 0.0000144. The largest absolute Gasteiger partial charge is 0.507 e. The smallest absolute Gasteiger partial charge is 0.306 e. The zero-order valence-electron chi connectivity index (χ0n) is 27.1. The average Bonchev–Trinajstić information content (AvgIpc) is 2.83.